The van der Waals surface area contributed by atoms with Crippen molar-refractivity contribution in [3.63, 3.8) is 0 Å². The zero-order valence-electron chi connectivity index (χ0n) is 11.4. The van der Waals surface area contributed by atoms with Crippen LogP contribution in [0.3, 0.4) is 0 Å². The number of aliphatic carboxylic acids is 1. The number of hydrogen-bond donors (Lipinski definition) is 2. The lowest BCUT2D eigenvalue weighted by Crippen LogP contribution is -2.21. The Bertz CT molecular complexity index is 206. The van der Waals surface area contributed by atoms with E-state index in [1.165, 1.54) is 0 Å². The molecule has 0 rings (SSSR count). The van der Waals surface area contributed by atoms with Gasteiger partial charge in [-0.3, -0.25) is 0 Å². The summed E-state index contributed by atoms with van der Waals surface area (Å²) in [6.45, 7) is 2.05. The quantitative estimate of drug-likeness (QED) is 0.519. The number of aliphatic hydroxyl groups excluding tert-OH is 2. The van der Waals surface area contributed by atoms with Crippen LogP contribution in [0.4, 0.5) is 0 Å². The molecule has 0 bridgehead atoms. The van der Waals surface area contributed by atoms with E-state index in [1.807, 2.05) is 6.92 Å². The summed E-state index contributed by atoms with van der Waals surface area (Å²) < 4.78 is 0. The first-order valence-corrected chi connectivity index (χ1v) is 7.12. The highest BCUT2D eigenvalue weighted by molar-refractivity contribution is 5.63. The molecule has 18 heavy (non-hydrogen) atoms. The molecule has 0 heterocycles. The summed E-state index contributed by atoms with van der Waals surface area (Å²) in [5.41, 5.74) is 0. The van der Waals surface area contributed by atoms with Crippen LogP contribution in [0, 0.1) is 0 Å². The van der Waals surface area contributed by atoms with Crippen molar-refractivity contribution in [2.45, 2.75) is 83.3 Å². The van der Waals surface area contributed by atoms with Crippen LogP contribution in [0.2, 0.25) is 0 Å². The lowest BCUT2D eigenvalue weighted by molar-refractivity contribution is -0.305. The fraction of sp³-hybridized carbons (Fsp3) is 0.929. The molecule has 0 aliphatic carbocycles. The number of carbonyl (C=O) groups is 1. The van der Waals surface area contributed by atoms with Crippen molar-refractivity contribution in [2.75, 3.05) is 0 Å². The van der Waals surface area contributed by atoms with Crippen LogP contribution in [-0.4, -0.2) is 28.4 Å². The average Bonchev–Trinajstić information content (AvgIpc) is 2.28. The number of unbranched alkanes of at least 4 members (excludes halogenated alkanes) is 2. The largest absolute Gasteiger partial charge is 0.550 e. The third-order valence-corrected chi connectivity index (χ3v) is 3.11. The number of hydrogen-bond acceptors (Lipinski definition) is 4. The van der Waals surface area contributed by atoms with E-state index < -0.39 is 5.97 Å². The number of carbonyl (C=O) groups excluding carboxylic acids is 1. The number of carboxylic acid groups (broad SMARTS) is 1. The molecule has 0 spiro atoms. The van der Waals surface area contributed by atoms with Crippen LogP contribution in [0.15, 0.2) is 0 Å². The summed E-state index contributed by atoms with van der Waals surface area (Å²) in [5, 5.41) is 29.4. The van der Waals surface area contributed by atoms with Crippen molar-refractivity contribution in [2.24, 2.45) is 0 Å². The minimum absolute atomic E-state index is 0.110. The normalized spacial score (nSPS) is 14.4. The number of carboxylic acids is 1. The van der Waals surface area contributed by atoms with Gasteiger partial charge in [-0.25, -0.2) is 0 Å². The Hall–Kier alpha value is -0.610. The van der Waals surface area contributed by atoms with E-state index in [9.17, 15) is 20.1 Å². The van der Waals surface area contributed by atoms with Crippen LogP contribution in [0.25, 0.3) is 0 Å². The molecule has 0 aliphatic rings. The summed E-state index contributed by atoms with van der Waals surface area (Å²) in [4.78, 5) is 10.2. The van der Waals surface area contributed by atoms with Gasteiger partial charge in [-0.15, -0.1) is 0 Å². The standard InChI is InChI=1S/C14H28O4/c1-2-7-12(15)9-6-10-13(16)8-4-3-5-11-14(17)18/h12-13,15-16H,2-11H2,1H3,(H,17,18)/p-1. The Balaban J connectivity index is 3.32. The average molecular weight is 259 g/mol. The zero-order chi connectivity index (χ0) is 13.8. The molecule has 0 saturated carbocycles. The highest BCUT2D eigenvalue weighted by Gasteiger charge is 2.07. The smallest absolute Gasteiger partial charge is 0.0540 e. The summed E-state index contributed by atoms with van der Waals surface area (Å²) in [6.07, 6.45) is 6.74. The van der Waals surface area contributed by atoms with Gasteiger partial charge >= 0.3 is 0 Å². The van der Waals surface area contributed by atoms with Gasteiger partial charge in [0.2, 0.25) is 0 Å². The highest BCUT2D eigenvalue weighted by atomic mass is 16.4. The second-order valence-electron chi connectivity index (χ2n) is 5.00. The molecule has 0 amide bonds. The second-order valence-corrected chi connectivity index (χ2v) is 5.00. The zero-order valence-corrected chi connectivity index (χ0v) is 11.4. The van der Waals surface area contributed by atoms with E-state index >= 15 is 0 Å². The molecule has 0 aromatic carbocycles. The molecule has 2 unspecified atom stereocenters. The lowest BCUT2D eigenvalue weighted by atomic mass is 10.0. The fourth-order valence-electron chi connectivity index (χ4n) is 2.04. The molecule has 0 aromatic heterocycles. The summed E-state index contributed by atoms with van der Waals surface area (Å²) >= 11 is 0. The van der Waals surface area contributed by atoms with Gasteiger partial charge in [-0.1, -0.05) is 26.2 Å². The molecule has 2 atom stereocenters. The van der Waals surface area contributed by atoms with Crippen LogP contribution >= 0.6 is 0 Å². The van der Waals surface area contributed by atoms with Crippen molar-refractivity contribution in [1.29, 1.82) is 0 Å². The van der Waals surface area contributed by atoms with E-state index in [0.717, 1.165) is 51.4 Å². The maximum atomic E-state index is 10.2. The Labute approximate surface area is 110 Å². The Morgan fingerprint density at radius 2 is 1.50 bits per heavy atom. The van der Waals surface area contributed by atoms with Crippen molar-refractivity contribution in [1.82, 2.24) is 0 Å². The maximum absolute atomic E-state index is 10.2. The minimum Gasteiger partial charge on any atom is -0.550 e. The summed E-state index contributed by atoms with van der Waals surface area (Å²) in [6, 6.07) is 0. The van der Waals surface area contributed by atoms with Gasteiger partial charge in [0, 0.05) is 5.97 Å². The Kier molecular flexibility index (Phi) is 11.1. The SMILES string of the molecule is CCCC(O)CCCC(O)CCCCCC(=O)[O-]. The van der Waals surface area contributed by atoms with Crippen LogP contribution < -0.4 is 5.11 Å². The third-order valence-electron chi connectivity index (χ3n) is 3.11. The molecular formula is C14H27O4-. The molecule has 108 valence electrons. The Morgan fingerprint density at radius 1 is 0.944 bits per heavy atom. The summed E-state index contributed by atoms with van der Waals surface area (Å²) in [5.74, 6) is -1.000. The monoisotopic (exact) mass is 259 g/mol. The molecule has 0 saturated heterocycles. The van der Waals surface area contributed by atoms with Crippen LogP contribution in [0.1, 0.15) is 71.1 Å². The van der Waals surface area contributed by atoms with Gasteiger partial charge < -0.3 is 20.1 Å². The predicted molar refractivity (Wildman–Crippen MR) is 68.9 cm³/mol. The molecule has 2 N–H and O–H groups in total. The van der Waals surface area contributed by atoms with E-state index in [4.69, 9.17) is 0 Å². The van der Waals surface area contributed by atoms with E-state index in [2.05, 4.69) is 0 Å². The van der Waals surface area contributed by atoms with Crippen molar-refractivity contribution >= 4 is 5.97 Å². The first kappa shape index (κ1) is 17.4. The minimum atomic E-state index is -1.000. The molecule has 0 aliphatic heterocycles. The van der Waals surface area contributed by atoms with E-state index in [0.29, 0.717) is 6.42 Å². The predicted octanol–water partition coefficient (Wildman–Crippen LogP) is 1.38. The highest BCUT2D eigenvalue weighted by Crippen LogP contribution is 2.13. The number of aliphatic hydroxyl groups is 2. The van der Waals surface area contributed by atoms with Gasteiger partial charge in [0.05, 0.1) is 12.2 Å². The maximum Gasteiger partial charge on any atom is 0.0540 e. The van der Waals surface area contributed by atoms with E-state index in [-0.39, 0.29) is 18.6 Å². The van der Waals surface area contributed by atoms with Gasteiger partial charge in [-0.05, 0) is 44.9 Å². The van der Waals surface area contributed by atoms with Gasteiger partial charge in [0.25, 0.3) is 0 Å². The molecule has 0 aromatic rings. The van der Waals surface area contributed by atoms with Crippen LogP contribution in [-0.2, 0) is 4.79 Å². The van der Waals surface area contributed by atoms with Crippen molar-refractivity contribution < 1.29 is 20.1 Å². The molecule has 0 radical (unpaired) electrons. The van der Waals surface area contributed by atoms with Gasteiger partial charge in [-0.2, -0.15) is 0 Å². The fourth-order valence-corrected chi connectivity index (χ4v) is 2.04. The topological polar surface area (TPSA) is 80.6 Å². The summed E-state index contributed by atoms with van der Waals surface area (Å²) in [7, 11) is 0. The van der Waals surface area contributed by atoms with Crippen molar-refractivity contribution in [3.05, 3.63) is 0 Å². The molecule has 4 heteroatoms. The second kappa shape index (κ2) is 11.5. The number of rotatable bonds is 12. The first-order valence-electron chi connectivity index (χ1n) is 7.12. The molecule has 0 fully saturated rings. The van der Waals surface area contributed by atoms with Crippen molar-refractivity contribution in [3.8, 4) is 0 Å². The molecular weight excluding hydrogens is 232 g/mol. The Morgan fingerprint density at radius 3 is 2.06 bits per heavy atom. The third kappa shape index (κ3) is 11.9. The van der Waals surface area contributed by atoms with Crippen LogP contribution in [0.5, 0.6) is 0 Å². The van der Waals surface area contributed by atoms with E-state index in [1.54, 1.807) is 0 Å². The van der Waals surface area contributed by atoms with Gasteiger partial charge in [0.15, 0.2) is 0 Å². The first-order chi connectivity index (χ1) is 8.56. The lowest BCUT2D eigenvalue weighted by Gasteiger charge is -2.12. The van der Waals surface area contributed by atoms with Gasteiger partial charge in [0.1, 0.15) is 0 Å². The molecule has 4 nitrogen and oxygen atoms in total.